The van der Waals surface area contributed by atoms with Crippen molar-refractivity contribution in [1.29, 1.82) is 0 Å². The normalized spacial score (nSPS) is 45.7. The van der Waals surface area contributed by atoms with E-state index in [0.29, 0.717) is 12.5 Å². The molecular formula is C10H18O3. The maximum absolute atomic E-state index is 8.96. The topological polar surface area (TPSA) is 38.7 Å². The van der Waals surface area contributed by atoms with Gasteiger partial charge in [0.15, 0.2) is 5.79 Å². The van der Waals surface area contributed by atoms with Crippen LogP contribution in [0.4, 0.5) is 0 Å². The molecule has 0 radical (unpaired) electrons. The largest absolute Gasteiger partial charge is 0.394 e. The fourth-order valence-electron chi connectivity index (χ4n) is 2.35. The van der Waals surface area contributed by atoms with E-state index in [9.17, 15) is 0 Å². The number of hydrogen-bond acceptors (Lipinski definition) is 3. The van der Waals surface area contributed by atoms with Crippen LogP contribution >= 0.6 is 0 Å². The van der Waals surface area contributed by atoms with E-state index in [1.165, 1.54) is 19.3 Å². The van der Waals surface area contributed by atoms with Gasteiger partial charge in [0.2, 0.25) is 0 Å². The van der Waals surface area contributed by atoms with Crippen LogP contribution in [0.1, 0.15) is 32.6 Å². The van der Waals surface area contributed by atoms with E-state index < -0.39 is 0 Å². The van der Waals surface area contributed by atoms with Crippen molar-refractivity contribution in [2.75, 3.05) is 13.2 Å². The first kappa shape index (κ1) is 9.44. The van der Waals surface area contributed by atoms with Gasteiger partial charge in [-0.3, -0.25) is 0 Å². The summed E-state index contributed by atoms with van der Waals surface area (Å²) < 4.78 is 11.5. The van der Waals surface area contributed by atoms with Gasteiger partial charge in [-0.25, -0.2) is 0 Å². The first-order valence-corrected chi connectivity index (χ1v) is 5.19. The lowest BCUT2D eigenvalue weighted by molar-refractivity contribution is -0.219. The Morgan fingerprint density at radius 2 is 2.31 bits per heavy atom. The van der Waals surface area contributed by atoms with Crippen LogP contribution in [0.15, 0.2) is 0 Å². The average molecular weight is 186 g/mol. The molecule has 1 saturated heterocycles. The summed E-state index contributed by atoms with van der Waals surface area (Å²) in [6.07, 6.45) is 4.53. The molecule has 0 amide bonds. The Morgan fingerprint density at radius 1 is 1.46 bits per heavy atom. The monoisotopic (exact) mass is 186 g/mol. The third-order valence-electron chi connectivity index (χ3n) is 3.25. The van der Waals surface area contributed by atoms with E-state index in [-0.39, 0.29) is 18.5 Å². The Hall–Kier alpha value is -0.120. The van der Waals surface area contributed by atoms with Crippen molar-refractivity contribution in [1.82, 2.24) is 0 Å². The molecule has 0 aromatic heterocycles. The fourth-order valence-corrected chi connectivity index (χ4v) is 2.35. The van der Waals surface area contributed by atoms with Gasteiger partial charge in [0.25, 0.3) is 0 Å². The Kier molecular flexibility index (Phi) is 2.58. The molecule has 76 valence electrons. The second-order valence-electron chi connectivity index (χ2n) is 4.19. The molecule has 1 aliphatic heterocycles. The van der Waals surface area contributed by atoms with Gasteiger partial charge in [-0.1, -0.05) is 13.3 Å². The van der Waals surface area contributed by atoms with Gasteiger partial charge >= 0.3 is 0 Å². The maximum Gasteiger partial charge on any atom is 0.171 e. The van der Waals surface area contributed by atoms with E-state index >= 15 is 0 Å². The predicted molar refractivity (Wildman–Crippen MR) is 48.3 cm³/mol. The van der Waals surface area contributed by atoms with E-state index in [2.05, 4.69) is 6.92 Å². The van der Waals surface area contributed by atoms with Crippen molar-refractivity contribution in [2.24, 2.45) is 5.92 Å². The van der Waals surface area contributed by atoms with Crippen LogP contribution in [0.3, 0.4) is 0 Å². The number of rotatable bonds is 1. The molecule has 0 bridgehead atoms. The lowest BCUT2D eigenvalue weighted by Crippen LogP contribution is -2.41. The molecule has 3 heteroatoms. The summed E-state index contributed by atoms with van der Waals surface area (Å²) in [4.78, 5) is 0. The third kappa shape index (κ3) is 1.60. The smallest absolute Gasteiger partial charge is 0.171 e. The molecule has 1 aliphatic carbocycles. The first-order chi connectivity index (χ1) is 6.27. The summed E-state index contributed by atoms with van der Waals surface area (Å²) in [7, 11) is 0. The molecule has 13 heavy (non-hydrogen) atoms. The van der Waals surface area contributed by atoms with E-state index in [1.807, 2.05) is 0 Å². The van der Waals surface area contributed by atoms with Crippen molar-refractivity contribution in [3.8, 4) is 0 Å². The van der Waals surface area contributed by atoms with Gasteiger partial charge in [-0.2, -0.15) is 0 Å². The molecule has 2 rings (SSSR count). The number of hydrogen-bond donors (Lipinski definition) is 1. The molecular weight excluding hydrogens is 168 g/mol. The number of aliphatic hydroxyl groups excluding tert-OH is 1. The molecule has 1 N–H and O–H groups in total. The highest BCUT2D eigenvalue weighted by Gasteiger charge is 2.46. The molecule has 1 heterocycles. The van der Waals surface area contributed by atoms with Crippen LogP contribution in [0, 0.1) is 5.92 Å². The van der Waals surface area contributed by atoms with E-state index in [4.69, 9.17) is 14.6 Å². The molecule has 2 aliphatic rings. The molecule has 0 unspecified atom stereocenters. The second-order valence-corrected chi connectivity index (χ2v) is 4.19. The Balaban J connectivity index is 2.03. The molecule has 0 aromatic carbocycles. The highest BCUT2D eigenvalue weighted by atomic mass is 16.7. The Labute approximate surface area is 79.0 Å². The molecule has 2 fully saturated rings. The summed E-state index contributed by atoms with van der Waals surface area (Å²) in [5.74, 6) is 0.115. The average Bonchev–Trinajstić information content (AvgIpc) is 2.56. The van der Waals surface area contributed by atoms with Crippen molar-refractivity contribution < 1.29 is 14.6 Å². The molecule has 3 nitrogen and oxygen atoms in total. The van der Waals surface area contributed by atoms with Gasteiger partial charge in [-0.15, -0.1) is 0 Å². The summed E-state index contributed by atoms with van der Waals surface area (Å²) in [6.45, 7) is 2.81. The van der Waals surface area contributed by atoms with Gasteiger partial charge in [-0.05, 0) is 12.8 Å². The highest BCUT2D eigenvalue weighted by Crippen LogP contribution is 2.41. The molecule has 0 aromatic rings. The zero-order chi connectivity index (χ0) is 9.31. The molecule has 1 spiro atoms. The van der Waals surface area contributed by atoms with Crippen LogP contribution in [0.25, 0.3) is 0 Å². The van der Waals surface area contributed by atoms with Gasteiger partial charge in [0.1, 0.15) is 6.10 Å². The first-order valence-electron chi connectivity index (χ1n) is 5.19. The lowest BCUT2D eigenvalue weighted by atomic mass is 9.84. The molecule has 3 atom stereocenters. The fraction of sp³-hybridized carbons (Fsp3) is 1.00. The highest BCUT2D eigenvalue weighted by molar-refractivity contribution is 4.86. The zero-order valence-corrected chi connectivity index (χ0v) is 8.16. The van der Waals surface area contributed by atoms with Gasteiger partial charge in [0, 0.05) is 12.3 Å². The van der Waals surface area contributed by atoms with Crippen LogP contribution in [0.5, 0.6) is 0 Å². The van der Waals surface area contributed by atoms with E-state index in [0.717, 1.165) is 6.42 Å². The second kappa shape index (κ2) is 3.56. The minimum Gasteiger partial charge on any atom is -0.394 e. The minimum atomic E-state index is -0.356. The minimum absolute atomic E-state index is 0.0778. The van der Waals surface area contributed by atoms with Crippen LogP contribution in [0.2, 0.25) is 0 Å². The Morgan fingerprint density at radius 3 is 2.92 bits per heavy atom. The number of ether oxygens (including phenoxy) is 2. The van der Waals surface area contributed by atoms with Crippen LogP contribution < -0.4 is 0 Å². The standard InChI is InChI=1S/C10H18O3/c1-8-4-2-3-5-10(8)12-7-9(6-11)13-10/h8-9,11H,2-7H2,1H3/t8-,9-,10+/m1/s1. The lowest BCUT2D eigenvalue weighted by Gasteiger charge is -2.37. The summed E-state index contributed by atoms with van der Waals surface area (Å²) in [5, 5.41) is 8.96. The van der Waals surface area contributed by atoms with Crippen LogP contribution in [-0.2, 0) is 9.47 Å². The van der Waals surface area contributed by atoms with E-state index in [1.54, 1.807) is 0 Å². The van der Waals surface area contributed by atoms with Crippen LogP contribution in [-0.4, -0.2) is 30.2 Å². The SMILES string of the molecule is C[C@@H]1CCCC[C@@]12OC[C@@H](CO)O2. The van der Waals surface area contributed by atoms with Crippen molar-refractivity contribution in [3.05, 3.63) is 0 Å². The molecule has 1 saturated carbocycles. The summed E-state index contributed by atoms with van der Waals surface area (Å²) in [5.41, 5.74) is 0. The third-order valence-corrected chi connectivity index (χ3v) is 3.25. The maximum atomic E-state index is 8.96. The van der Waals surface area contributed by atoms with Crippen molar-refractivity contribution >= 4 is 0 Å². The van der Waals surface area contributed by atoms with Gasteiger partial charge in [0.05, 0.1) is 13.2 Å². The van der Waals surface area contributed by atoms with Crippen molar-refractivity contribution in [3.63, 3.8) is 0 Å². The predicted octanol–water partition coefficient (Wildman–Crippen LogP) is 1.30. The zero-order valence-electron chi connectivity index (χ0n) is 8.16. The summed E-state index contributed by atoms with van der Waals surface area (Å²) in [6, 6.07) is 0. The Bertz CT molecular complexity index is 183. The summed E-state index contributed by atoms with van der Waals surface area (Å²) >= 11 is 0. The van der Waals surface area contributed by atoms with Gasteiger partial charge < -0.3 is 14.6 Å². The number of aliphatic hydroxyl groups is 1. The van der Waals surface area contributed by atoms with Crippen molar-refractivity contribution in [2.45, 2.75) is 44.5 Å². The quantitative estimate of drug-likeness (QED) is 0.671.